The summed E-state index contributed by atoms with van der Waals surface area (Å²) >= 11 is 0. The van der Waals surface area contributed by atoms with Crippen molar-refractivity contribution in [3.63, 3.8) is 0 Å². The summed E-state index contributed by atoms with van der Waals surface area (Å²) in [5.41, 5.74) is 0. The van der Waals surface area contributed by atoms with Crippen molar-refractivity contribution in [2.45, 2.75) is 297 Å². The van der Waals surface area contributed by atoms with Crippen molar-refractivity contribution < 1.29 is 28.6 Å². The third-order valence-corrected chi connectivity index (χ3v) is 12.7. The maximum Gasteiger partial charge on any atom is 0.306 e. The number of unbranched alkanes of at least 4 members (excludes halogenated alkanes) is 30. The van der Waals surface area contributed by atoms with E-state index < -0.39 is 6.10 Å². The van der Waals surface area contributed by atoms with Gasteiger partial charge in [-0.2, -0.15) is 0 Å². The molecule has 1 atom stereocenters. The van der Waals surface area contributed by atoms with Gasteiger partial charge in [0.25, 0.3) is 0 Å². The quantitative estimate of drug-likeness (QED) is 0.0262. The van der Waals surface area contributed by atoms with Crippen molar-refractivity contribution in [2.75, 3.05) is 13.2 Å². The molecule has 0 amide bonds. The molecule has 398 valence electrons. The molecule has 0 spiro atoms. The fraction of sp³-hybridized carbons (Fsp3) is 0.762. The third kappa shape index (κ3) is 55.6. The molecule has 0 unspecified atom stereocenters. The highest BCUT2D eigenvalue weighted by Crippen LogP contribution is 2.16. The minimum absolute atomic E-state index is 0.0881. The second kappa shape index (κ2) is 57.4. The van der Waals surface area contributed by atoms with Gasteiger partial charge in [-0.1, -0.05) is 254 Å². The van der Waals surface area contributed by atoms with Gasteiger partial charge in [0, 0.05) is 19.3 Å². The lowest BCUT2D eigenvalue weighted by Gasteiger charge is -2.18. The van der Waals surface area contributed by atoms with Crippen LogP contribution in [0.15, 0.2) is 72.9 Å². The van der Waals surface area contributed by atoms with E-state index in [0.717, 1.165) is 103 Å². The number of carbonyl (C=O) groups excluding carboxylic acids is 3. The molecule has 0 bridgehead atoms. The van der Waals surface area contributed by atoms with Crippen LogP contribution in [0.2, 0.25) is 0 Å². The minimum atomic E-state index is -0.791. The smallest absolute Gasteiger partial charge is 0.306 e. The summed E-state index contributed by atoms with van der Waals surface area (Å²) in [6.45, 7) is 6.51. The molecular weight excluding hydrogens is 853 g/mol. The van der Waals surface area contributed by atoms with Gasteiger partial charge in [0.05, 0.1) is 0 Å². The van der Waals surface area contributed by atoms with Gasteiger partial charge < -0.3 is 14.2 Å². The molecule has 0 aliphatic heterocycles. The average Bonchev–Trinajstić information content (AvgIpc) is 3.35. The van der Waals surface area contributed by atoms with E-state index in [0.29, 0.717) is 19.3 Å². The molecule has 0 saturated carbocycles. The highest BCUT2D eigenvalue weighted by atomic mass is 16.6. The molecule has 0 rings (SSSR count). The SMILES string of the molecule is CC/C=C\C/C=C\C/C=C\C/C=C\C/C=C\CCCCCC(=O)OC[C@@H](COC(=O)CCCCCCC/C=C\CCCCCCC)OC(=O)CCCCCCCCCCCCCCCCCCCC. The van der Waals surface area contributed by atoms with Crippen LogP contribution in [-0.4, -0.2) is 37.2 Å². The van der Waals surface area contributed by atoms with E-state index in [-0.39, 0.29) is 31.1 Å². The molecule has 0 aliphatic carbocycles. The van der Waals surface area contributed by atoms with Crippen molar-refractivity contribution in [3.8, 4) is 0 Å². The fourth-order valence-corrected chi connectivity index (χ4v) is 8.29. The van der Waals surface area contributed by atoms with Gasteiger partial charge in [-0.25, -0.2) is 0 Å². The monoisotopic (exact) mass is 963 g/mol. The van der Waals surface area contributed by atoms with E-state index in [4.69, 9.17) is 14.2 Å². The van der Waals surface area contributed by atoms with Crippen LogP contribution in [0.25, 0.3) is 0 Å². The molecule has 0 aromatic carbocycles. The van der Waals surface area contributed by atoms with E-state index in [1.165, 1.54) is 148 Å². The second-order valence-electron chi connectivity index (χ2n) is 19.5. The Morgan fingerprint density at radius 1 is 0.304 bits per heavy atom. The second-order valence-corrected chi connectivity index (χ2v) is 19.5. The lowest BCUT2D eigenvalue weighted by Crippen LogP contribution is -2.30. The van der Waals surface area contributed by atoms with Crippen molar-refractivity contribution in [3.05, 3.63) is 72.9 Å². The largest absolute Gasteiger partial charge is 0.462 e. The first-order chi connectivity index (χ1) is 34.0. The van der Waals surface area contributed by atoms with Crippen LogP contribution in [0, 0.1) is 0 Å². The Balaban J connectivity index is 4.42. The average molecular weight is 964 g/mol. The van der Waals surface area contributed by atoms with Crippen LogP contribution in [-0.2, 0) is 28.6 Å². The van der Waals surface area contributed by atoms with Crippen LogP contribution in [0.1, 0.15) is 290 Å². The van der Waals surface area contributed by atoms with Crippen molar-refractivity contribution in [2.24, 2.45) is 0 Å². The van der Waals surface area contributed by atoms with Crippen molar-refractivity contribution >= 4 is 17.9 Å². The Kier molecular flexibility index (Phi) is 54.8. The molecule has 0 saturated heterocycles. The molecular formula is C63H110O6. The number of ether oxygens (including phenoxy) is 3. The molecule has 0 radical (unpaired) electrons. The first kappa shape index (κ1) is 65.8. The first-order valence-electron chi connectivity index (χ1n) is 29.4. The summed E-state index contributed by atoms with van der Waals surface area (Å²) in [5.74, 6) is -0.917. The Labute approximate surface area is 427 Å². The van der Waals surface area contributed by atoms with Crippen LogP contribution < -0.4 is 0 Å². The lowest BCUT2D eigenvalue weighted by atomic mass is 10.0. The summed E-state index contributed by atoms with van der Waals surface area (Å²) in [4.78, 5) is 38.2. The van der Waals surface area contributed by atoms with Crippen LogP contribution >= 0.6 is 0 Å². The van der Waals surface area contributed by atoms with Gasteiger partial charge >= 0.3 is 17.9 Å². The lowest BCUT2D eigenvalue weighted by molar-refractivity contribution is -0.167. The van der Waals surface area contributed by atoms with Crippen molar-refractivity contribution in [1.29, 1.82) is 0 Å². The topological polar surface area (TPSA) is 78.9 Å². The molecule has 0 N–H and O–H groups in total. The summed E-state index contributed by atoms with van der Waals surface area (Å²) < 4.78 is 16.9. The molecule has 0 heterocycles. The summed E-state index contributed by atoms with van der Waals surface area (Å²) in [7, 11) is 0. The van der Waals surface area contributed by atoms with Gasteiger partial charge in [-0.3, -0.25) is 14.4 Å². The molecule has 0 fully saturated rings. The predicted octanol–water partition coefficient (Wildman–Crippen LogP) is 19.8. The number of rotatable bonds is 53. The third-order valence-electron chi connectivity index (χ3n) is 12.7. The highest BCUT2D eigenvalue weighted by Gasteiger charge is 2.19. The maximum atomic E-state index is 12.9. The van der Waals surface area contributed by atoms with E-state index >= 15 is 0 Å². The zero-order valence-corrected chi connectivity index (χ0v) is 45.6. The Hall–Kier alpha value is -3.15. The predicted molar refractivity (Wildman–Crippen MR) is 298 cm³/mol. The highest BCUT2D eigenvalue weighted by molar-refractivity contribution is 5.71. The minimum Gasteiger partial charge on any atom is -0.462 e. The van der Waals surface area contributed by atoms with Gasteiger partial charge in [0.15, 0.2) is 6.10 Å². The van der Waals surface area contributed by atoms with E-state index in [2.05, 4.69) is 93.7 Å². The maximum absolute atomic E-state index is 12.9. The summed E-state index contributed by atoms with van der Waals surface area (Å²) in [5, 5.41) is 0. The molecule has 6 heteroatoms. The number of hydrogen-bond donors (Lipinski definition) is 0. The zero-order valence-electron chi connectivity index (χ0n) is 45.6. The Morgan fingerprint density at radius 2 is 0.565 bits per heavy atom. The fourth-order valence-electron chi connectivity index (χ4n) is 8.29. The van der Waals surface area contributed by atoms with Crippen molar-refractivity contribution in [1.82, 2.24) is 0 Å². The van der Waals surface area contributed by atoms with Gasteiger partial charge in [-0.15, -0.1) is 0 Å². The van der Waals surface area contributed by atoms with E-state index in [9.17, 15) is 14.4 Å². The van der Waals surface area contributed by atoms with Crippen LogP contribution in [0.5, 0.6) is 0 Å². The summed E-state index contributed by atoms with van der Waals surface area (Å²) in [6.07, 6.45) is 73.2. The normalized spacial score (nSPS) is 12.6. The number of carbonyl (C=O) groups is 3. The van der Waals surface area contributed by atoms with E-state index in [1.54, 1.807) is 0 Å². The molecule has 0 aliphatic rings. The zero-order chi connectivity index (χ0) is 50.0. The van der Waals surface area contributed by atoms with Gasteiger partial charge in [0.2, 0.25) is 0 Å². The number of allylic oxidation sites excluding steroid dienone is 12. The molecule has 6 nitrogen and oxygen atoms in total. The van der Waals surface area contributed by atoms with E-state index in [1.807, 2.05) is 0 Å². The molecule has 0 aromatic rings. The van der Waals surface area contributed by atoms with Gasteiger partial charge in [-0.05, 0) is 89.9 Å². The van der Waals surface area contributed by atoms with Gasteiger partial charge in [0.1, 0.15) is 13.2 Å². The first-order valence-corrected chi connectivity index (χ1v) is 29.4. The Bertz CT molecular complexity index is 1290. The van der Waals surface area contributed by atoms with Crippen LogP contribution in [0.4, 0.5) is 0 Å². The standard InChI is InChI=1S/C63H110O6/c1-4-7-10-13-16-19-22-25-28-30-32-34-35-38-41-44-47-50-53-56-62(65)68-59-60(58-67-61(64)55-52-49-46-43-40-37-27-24-21-18-15-12-9-6-3)69-63(66)57-54-51-48-45-42-39-36-33-31-29-26-23-20-17-14-11-8-5-2/h7,10,16,19,24-25,27-28,32,34,38,41,60H,4-6,8-9,11-15,17-18,20-23,26,29-31,33,35-37,39-40,42-59H2,1-3H3/b10-7-,19-16-,27-24-,28-25-,34-32-,41-38-/t60-/m1/s1. The van der Waals surface area contributed by atoms with Crippen LogP contribution in [0.3, 0.4) is 0 Å². The number of hydrogen-bond acceptors (Lipinski definition) is 6. The summed E-state index contributed by atoms with van der Waals surface area (Å²) in [6, 6.07) is 0. The number of esters is 3. The molecule has 69 heavy (non-hydrogen) atoms. The Morgan fingerprint density at radius 3 is 0.913 bits per heavy atom. The molecule has 0 aromatic heterocycles.